The second-order valence-electron chi connectivity index (χ2n) is 9.85. The first-order valence-corrected chi connectivity index (χ1v) is 13.4. The number of aliphatic carboxylic acids is 1. The number of thiophene rings is 1. The van der Waals surface area contributed by atoms with Gasteiger partial charge in [-0.05, 0) is 31.9 Å². The molecular formula is C27H28N4O8S. The number of rotatable bonds is 7. The van der Waals surface area contributed by atoms with Crippen LogP contribution < -0.4 is 11.2 Å². The Morgan fingerprint density at radius 1 is 1.18 bits per heavy atom. The molecule has 1 amide bonds. The van der Waals surface area contributed by atoms with Crippen molar-refractivity contribution in [2.45, 2.75) is 39.0 Å². The molecule has 1 unspecified atom stereocenters. The van der Waals surface area contributed by atoms with E-state index in [0.717, 1.165) is 15.9 Å². The van der Waals surface area contributed by atoms with Gasteiger partial charge in [0.1, 0.15) is 22.7 Å². The summed E-state index contributed by atoms with van der Waals surface area (Å²) in [5.41, 5.74) is -2.32. The molecule has 4 aromatic rings. The number of carboxylic acid groups (broad SMARTS) is 1. The highest BCUT2D eigenvalue weighted by atomic mass is 32.1. The van der Waals surface area contributed by atoms with Crippen molar-refractivity contribution in [3.05, 3.63) is 74.8 Å². The Kier molecular flexibility index (Phi) is 7.34. The van der Waals surface area contributed by atoms with Crippen LogP contribution in [0.2, 0.25) is 0 Å². The van der Waals surface area contributed by atoms with Crippen molar-refractivity contribution in [3.63, 3.8) is 0 Å². The molecule has 3 aromatic heterocycles. The first kappa shape index (κ1) is 27.3. The largest absolute Gasteiger partial charge is 0.480 e. The SMILES string of the molecule is Cc1c(-c2ncco2)sc2c1c(=O)n(C(C)(C)C(=O)O)c(=O)n2CC(OC(=O)N1CCOCC1)c1ccccc1. The summed E-state index contributed by atoms with van der Waals surface area (Å²) in [5, 5.41) is 10.1. The maximum atomic E-state index is 14.0. The van der Waals surface area contributed by atoms with Crippen LogP contribution in [0.4, 0.5) is 4.79 Å². The van der Waals surface area contributed by atoms with Gasteiger partial charge in [0.2, 0.25) is 5.89 Å². The number of hydrogen-bond donors (Lipinski definition) is 1. The van der Waals surface area contributed by atoms with E-state index in [9.17, 15) is 24.3 Å². The summed E-state index contributed by atoms with van der Waals surface area (Å²) in [6, 6.07) is 8.93. The van der Waals surface area contributed by atoms with E-state index < -0.39 is 35.0 Å². The number of carboxylic acids is 1. The zero-order valence-electron chi connectivity index (χ0n) is 22.2. The van der Waals surface area contributed by atoms with E-state index in [-0.39, 0.29) is 17.8 Å². The van der Waals surface area contributed by atoms with Crippen LogP contribution in [0, 0.1) is 6.92 Å². The number of hydrogen-bond acceptors (Lipinski definition) is 9. The molecule has 1 saturated heterocycles. The monoisotopic (exact) mass is 568 g/mol. The summed E-state index contributed by atoms with van der Waals surface area (Å²) >= 11 is 1.13. The summed E-state index contributed by atoms with van der Waals surface area (Å²) in [4.78, 5) is 59.6. The molecule has 1 aliphatic heterocycles. The molecule has 1 aromatic carbocycles. The van der Waals surface area contributed by atoms with E-state index in [2.05, 4.69) is 4.98 Å². The Balaban J connectivity index is 1.71. The summed E-state index contributed by atoms with van der Waals surface area (Å²) in [6.07, 6.45) is 1.37. The molecule has 1 aliphatic rings. The Morgan fingerprint density at radius 2 is 1.88 bits per heavy atom. The highest BCUT2D eigenvalue weighted by molar-refractivity contribution is 7.22. The lowest BCUT2D eigenvalue weighted by Gasteiger charge is -2.29. The minimum absolute atomic E-state index is 0.165. The number of ether oxygens (including phenoxy) is 2. The fraction of sp³-hybridized carbons (Fsp3) is 0.370. The summed E-state index contributed by atoms with van der Waals surface area (Å²) < 4.78 is 18.8. The van der Waals surface area contributed by atoms with Gasteiger partial charge >= 0.3 is 17.8 Å². The van der Waals surface area contributed by atoms with Gasteiger partial charge < -0.3 is 23.9 Å². The van der Waals surface area contributed by atoms with Crippen LogP contribution in [-0.2, 0) is 26.4 Å². The standard InChI is InChI=1S/C27H28N4O8S/c1-16-19-22(32)31(27(2,3)24(33)34)25(35)30(23(19)40-20(16)21-28-9-12-38-21)15-18(17-7-5-4-6-8-17)39-26(36)29-10-13-37-14-11-29/h4-9,12,18H,10-11,13-15H2,1-3H3,(H,33,34). The third-order valence-corrected chi connectivity index (χ3v) is 8.26. The van der Waals surface area contributed by atoms with Crippen LogP contribution >= 0.6 is 11.3 Å². The number of carbonyl (C=O) groups excluding carboxylic acids is 1. The van der Waals surface area contributed by atoms with E-state index in [4.69, 9.17) is 13.9 Å². The Hall–Kier alpha value is -4.23. The number of nitrogens with zero attached hydrogens (tertiary/aromatic N) is 4. The molecule has 0 aliphatic carbocycles. The van der Waals surface area contributed by atoms with Crippen LogP contribution in [0.5, 0.6) is 0 Å². The first-order valence-electron chi connectivity index (χ1n) is 12.6. The van der Waals surface area contributed by atoms with Gasteiger partial charge in [-0.15, -0.1) is 11.3 Å². The number of aryl methyl sites for hydroxylation is 1. The van der Waals surface area contributed by atoms with Gasteiger partial charge in [0.25, 0.3) is 5.56 Å². The fourth-order valence-electron chi connectivity index (χ4n) is 4.62. The van der Waals surface area contributed by atoms with Crippen molar-refractivity contribution < 1.29 is 28.6 Å². The average molecular weight is 569 g/mol. The molecule has 0 saturated carbocycles. The minimum atomic E-state index is -1.87. The maximum absolute atomic E-state index is 14.0. The number of morpholine rings is 1. The molecule has 12 nitrogen and oxygen atoms in total. The van der Waals surface area contributed by atoms with Gasteiger partial charge in [-0.2, -0.15) is 0 Å². The molecule has 5 rings (SSSR count). The zero-order valence-corrected chi connectivity index (χ0v) is 23.0. The Morgan fingerprint density at radius 3 is 2.50 bits per heavy atom. The molecule has 0 radical (unpaired) electrons. The number of fused-ring (bicyclic) bond motifs is 1. The summed E-state index contributed by atoms with van der Waals surface area (Å²) in [7, 11) is 0. The van der Waals surface area contributed by atoms with Crippen LogP contribution in [-0.4, -0.2) is 62.5 Å². The molecule has 1 N–H and O–H groups in total. The van der Waals surface area contributed by atoms with Crippen molar-refractivity contribution in [1.82, 2.24) is 19.0 Å². The number of oxazole rings is 1. The lowest BCUT2D eigenvalue weighted by molar-refractivity contribution is -0.146. The highest BCUT2D eigenvalue weighted by Crippen LogP contribution is 2.36. The number of aromatic nitrogens is 3. The third-order valence-electron chi connectivity index (χ3n) is 6.95. The van der Waals surface area contributed by atoms with Crippen molar-refractivity contribution in [1.29, 1.82) is 0 Å². The second-order valence-corrected chi connectivity index (χ2v) is 10.9. The number of carbonyl (C=O) groups is 2. The molecule has 210 valence electrons. The normalized spacial score (nSPS) is 14.8. The molecule has 13 heteroatoms. The average Bonchev–Trinajstić information content (AvgIpc) is 3.59. The van der Waals surface area contributed by atoms with E-state index >= 15 is 0 Å². The van der Waals surface area contributed by atoms with E-state index in [1.54, 1.807) is 31.2 Å². The molecule has 1 atom stereocenters. The Bertz CT molecular complexity index is 1660. The summed E-state index contributed by atoms with van der Waals surface area (Å²) in [6.45, 7) is 5.61. The van der Waals surface area contributed by atoms with Crippen molar-refractivity contribution in [2.75, 3.05) is 26.3 Å². The molecule has 40 heavy (non-hydrogen) atoms. The minimum Gasteiger partial charge on any atom is -0.480 e. The topological polar surface area (TPSA) is 146 Å². The smallest absolute Gasteiger partial charge is 0.410 e. The fourth-order valence-corrected chi connectivity index (χ4v) is 5.86. The predicted molar refractivity (Wildman–Crippen MR) is 146 cm³/mol. The van der Waals surface area contributed by atoms with Crippen LogP contribution in [0.25, 0.3) is 21.0 Å². The van der Waals surface area contributed by atoms with Gasteiger partial charge in [-0.3, -0.25) is 9.36 Å². The van der Waals surface area contributed by atoms with Crippen molar-refractivity contribution >= 4 is 33.6 Å². The zero-order chi connectivity index (χ0) is 28.6. The van der Waals surface area contributed by atoms with Gasteiger partial charge in [0.05, 0.1) is 36.2 Å². The Labute approximate surface area is 232 Å². The predicted octanol–water partition coefficient (Wildman–Crippen LogP) is 3.22. The van der Waals surface area contributed by atoms with E-state index in [1.807, 2.05) is 6.07 Å². The van der Waals surface area contributed by atoms with Gasteiger partial charge in [-0.25, -0.2) is 23.9 Å². The first-order chi connectivity index (χ1) is 19.1. The molecule has 1 fully saturated rings. The molecular weight excluding hydrogens is 540 g/mol. The summed E-state index contributed by atoms with van der Waals surface area (Å²) in [5.74, 6) is -1.09. The van der Waals surface area contributed by atoms with Gasteiger partial charge in [0.15, 0.2) is 0 Å². The third kappa shape index (κ3) is 4.82. The van der Waals surface area contributed by atoms with Crippen molar-refractivity contribution in [2.24, 2.45) is 0 Å². The van der Waals surface area contributed by atoms with Crippen LogP contribution in [0.15, 0.2) is 56.8 Å². The highest BCUT2D eigenvalue weighted by Gasteiger charge is 2.36. The quantitative estimate of drug-likeness (QED) is 0.355. The number of benzene rings is 1. The number of amides is 1. The van der Waals surface area contributed by atoms with Gasteiger partial charge in [-0.1, -0.05) is 30.3 Å². The van der Waals surface area contributed by atoms with Crippen LogP contribution in [0.3, 0.4) is 0 Å². The molecule has 0 spiro atoms. The van der Waals surface area contributed by atoms with E-state index in [1.165, 1.54) is 35.8 Å². The molecule has 4 heterocycles. The van der Waals surface area contributed by atoms with Crippen molar-refractivity contribution in [3.8, 4) is 10.8 Å². The van der Waals surface area contributed by atoms with E-state index in [0.29, 0.717) is 47.1 Å². The lowest BCUT2D eigenvalue weighted by atomic mass is 10.1. The van der Waals surface area contributed by atoms with Gasteiger partial charge in [0, 0.05) is 13.1 Å². The second kappa shape index (κ2) is 10.7. The lowest BCUT2D eigenvalue weighted by Crippen LogP contribution is -2.52. The molecule has 0 bridgehead atoms. The maximum Gasteiger partial charge on any atom is 0.410 e. The van der Waals surface area contributed by atoms with Crippen LogP contribution in [0.1, 0.15) is 31.1 Å².